The number of carbonyl (C=O) groups excluding carboxylic acids is 2. The van der Waals surface area contributed by atoms with Gasteiger partial charge in [0.05, 0.1) is 7.11 Å². The molecule has 1 saturated heterocycles. The summed E-state index contributed by atoms with van der Waals surface area (Å²) in [6.45, 7) is 5.97. The quantitative estimate of drug-likeness (QED) is 0.741. The maximum Gasteiger partial charge on any atom is 0.328 e. The van der Waals surface area contributed by atoms with Crippen LogP contribution in [0.4, 0.5) is 0 Å². The topological polar surface area (TPSA) is 67.4 Å². The number of carbonyl (C=O) groups is 2. The predicted molar refractivity (Wildman–Crippen MR) is 76.0 cm³/mol. The number of amides is 1. The lowest BCUT2D eigenvalue weighted by atomic mass is 9.91. The Labute approximate surface area is 120 Å². The Hall–Kier alpha value is -1.10. The first-order chi connectivity index (χ1) is 9.54. The van der Waals surface area contributed by atoms with Crippen molar-refractivity contribution in [1.82, 2.24) is 10.6 Å². The largest absolute Gasteiger partial charge is 0.467 e. The second-order valence-corrected chi connectivity index (χ2v) is 6.26. The van der Waals surface area contributed by atoms with Gasteiger partial charge in [0.1, 0.15) is 6.04 Å². The van der Waals surface area contributed by atoms with Gasteiger partial charge in [-0.05, 0) is 43.7 Å². The highest BCUT2D eigenvalue weighted by molar-refractivity contribution is 5.88. The molecule has 20 heavy (non-hydrogen) atoms. The number of nitrogens with one attached hydrogen (secondary N) is 2. The van der Waals surface area contributed by atoms with Crippen LogP contribution in [0.1, 0.15) is 39.5 Å². The Balaban J connectivity index is 1.94. The molecule has 1 amide bonds. The summed E-state index contributed by atoms with van der Waals surface area (Å²) in [5.74, 6) is -0.134. The lowest BCUT2D eigenvalue weighted by molar-refractivity contribution is -0.146. The summed E-state index contributed by atoms with van der Waals surface area (Å²) in [5.41, 5.74) is 0.200. The molecule has 2 aliphatic rings. The minimum atomic E-state index is -0.517. The molecule has 1 unspecified atom stereocenters. The summed E-state index contributed by atoms with van der Waals surface area (Å²) < 4.78 is 4.81. The van der Waals surface area contributed by atoms with E-state index in [1.807, 2.05) is 13.8 Å². The number of hydrogen-bond acceptors (Lipinski definition) is 4. The van der Waals surface area contributed by atoms with Crippen LogP contribution in [0.3, 0.4) is 0 Å². The second-order valence-electron chi connectivity index (χ2n) is 6.26. The zero-order valence-corrected chi connectivity index (χ0v) is 12.7. The number of esters is 1. The summed E-state index contributed by atoms with van der Waals surface area (Å²) >= 11 is 0. The second kappa shape index (κ2) is 6.12. The van der Waals surface area contributed by atoms with Crippen molar-refractivity contribution in [2.45, 2.75) is 45.6 Å². The van der Waals surface area contributed by atoms with Crippen LogP contribution in [0.5, 0.6) is 0 Å². The van der Waals surface area contributed by atoms with Crippen molar-refractivity contribution in [3.63, 3.8) is 0 Å². The third-order valence-electron chi connectivity index (χ3n) is 5.07. The molecular formula is C15H26N2O3. The molecule has 5 nitrogen and oxygen atoms in total. The van der Waals surface area contributed by atoms with Gasteiger partial charge >= 0.3 is 5.97 Å². The Morgan fingerprint density at radius 2 is 2.05 bits per heavy atom. The van der Waals surface area contributed by atoms with Crippen molar-refractivity contribution in [3.8, 4) is 0 Å². The van der Waals surface area contributed by atoms with Crippen molar-refractivity contribution < 1.29 is 14.3 Å². The van der Waals surface area contributed by atoms with Gasteiger partial charge in [0.2, 0.25) is 5.91 Å². The van der Waals surface area contributed by atoms with Crippen LogP contribution in [0.2, 0.25) is 0 Å². The van der Waals surface area contributed by atoms with E-state index in [0.717, 1.165) is 38.8 Å². The molecule has 2 rings (SSSR count). The normalized spacial score (nSPS) is 26.6. The molecule has 2 N–H and O–H groups in total. The van der Waals surface area contributed by atoms with E-state index in [2.05, 4.69) is 10.6 Å². The van der Waals surface area contributed by atoms with Crippen LogP contribution in [0.15, 0.2) is 0 Å². The molecule has 2 fully saturated rings. The lowest BCUT2D eigenvalue weighted by Crippen LogP contribution is -2.47. The minimum absolute atomic E-state index is 0.0302. The summed E-state index contributed by atoms with van der Waals surface area (Å²) in [4.78, 5) is 24.2. The third-order valence-corrected chi connectivity index (χ3v) is 5.07. The molecule has 0 aromatic heterocycles. The van der Waals surface area contributed by atoms with Crippen LogP contribution in [0.25, 0.3) is 0 Å². The SMILES string of the molecule is CC[C@H](C)[C@H](NC(=O)C1CC12CCNCC2)C(=O)OC. The van der Waals surface area contributed by atoms with Gasteiger partial charge < -0.3 is 15.4 Å². The van der Waals surface area contributed by atoms with E-state index in [1.165, 1.54) is 7.11 Å². The van der Waals surface area contributed by atoms with Crippen molar-refractivity contribution in [3.05, 3.63) is 0 Å². The monoisotopic (exact) mass is 282 g/mol. The highest BCUT2D eigenvalue weighted by Crippen LogP contribution is 2.58. The minimum Gasteiger partial charge on any atom is -0.467 e. The van der Waals surface area contributed by atoms with Gasteiger partial charge in [-0.25, -0.2) is 4.79 Å². The molecule has 1 spiro atoms. The third kappa shape index (κ3) is 2.97. The van der Waals surface area contributed by atoms with E-state index >= 15 is 0 Å². The van der Waals surface area contributed by atoms with Crippen molar-refractivity contribution in [1.29, 1.82) is 0 Å². The number of piperidine rings is 1. The van der Waals surface area contributed by atoms with Gasteiger partial charge in [0.15, 0.2) is 0 Å². The predicted octanol–water partition coefficient (Wildman–Crippen LogP) is 1.08. The number of ether oxygens (including phenoxy) is 1. The van der Waals surface area contributed by atoms with E-state index in [9.17, 15) is 9.59 Å². The zero-order chi connectivity index (χ0) is 14.8. The molecule has 0 aromatic rings. The molecule has 0 aromatic carbocycles. The highest BCUT2D eigenvalue weighted by atomic mass is 16.5. The first-order valence-electron chi connectivity index (χ1n) is 7.63. The van der Waals surface area contributed by atoms with Crippen LogP contribution in [-0.2, 0) is 14.3 Å². The molecule has 5 heteroatoms. The number of hydrogen-bond donors (Lipinski definition) is 2. The van der Waals surface area contributed by atoms with Crippen LogP contribution in [-0.4, -0.2) is 38.1 Å². The van der Waals surface area contributed by atoms with E-state index in [-0.39, 0.29) is 29.1 Å². The number of methoxy groups -OCH3 is 1. The highest BCUT2D eigenvalue weighted by Gasteiger charge is 2.58. The van der Waals surface area contributed by atoms with E-state index in [4.69, 9.17) is 4.74 Å². The van der Waals surface area contributed by atoms with Gasteiger partial charge in [-0.15, -0.1) is 0 Å². The molecule has 1 saturated carbocycles. The molecule has 1 aliphatic carbocycles. The van der Waals surface area contributed by atoms with Gasteiger partial charge in [-0.2, -0.15) is 0 Å². The Morgan fingerprint density at radius 1 is 1.40 bits per heavy atom. The maximum atomic E-state index is 12.4. The van der Waals surface area contributed by atoms with E-state index < -0.39 is 6.04 Å². The lowest BCUT2D eigenvalue weighted by Gasteiger charge is -2.25. The first-order valence-corrected chi connectivity index (χ1v) is 7.63. The van der Waals surface area contributed by atoms with Crippen molar-refractivity contribution in [2.75, 3.05) is 20.2 Å². The van der Waals surface area contributed by atoms with Crippen LogP contribution >= 0.6 is 0 Å². The summed E-state index contributed by atoms with van der Waals surface area (Å²) in [6.07, 6.45) is 3.93. The molecule has 0 radical (unpaired) electrons. The molecular weight excluding hydrogens is 256 g/mol. The molecule has 3 atom stereocenters. The summed E-state index contributed by atoms with van der Waals surface area (Å²) in [5, 5.41) is 6.25. The van der Waals surface area contributed by atoms with Crippen molar-refractivity contribution in [2.24, 2.45) is 17.3 Å². The Morgan fingerprint density at radius 3 is 2.60 bits per heavy atom. The summed E-state index contributed by atoms with van der Waals surface area (Å²) in [6, 6.07) is -0.517. The molecule has 1 heterocycles. The fourth-order valence-electron chi connectivity index (χ4n) is 3.25. The standard InChI is InChI=1S/C15H26N2O3/c1-4-10(2)12(14(19)20-3)17-13(18)11-9-15(11)5-7-16-8-6-15/h10-12,16H,4-9H2,1-3H3,(H,17,18)/t10-,11?,12-/m0/s1. The Kier molecular flexibility index (Phi) is 4.68. The zero-order valence-electron chi connectivity index (χ0n) is 12.7. The van der Waals surface area contributed by atoms with Crippen molar-refractivity contribution >= 4 is 11.9 Å². The first kappa shape index (κ1) is 15.3. The van der Waals surface area contributed by atoms with Gasteiger partial charge in [-0.1, -0.05) is 20.3 Å². The van der Waals surface area contributed by atoms with Crippen LogP contribution < -0.4 is 10.6 Å². The average molecular weight is 282 g/mol. The fourth-order valence-corrected chi connectivity index (χ4v) is 3.25. The molecule has 1 aliphatic heterocycles. The van der Waals surface area contributed by atoms with Gasteiger partial charge in [-0.3, -0.25) is 4.79 Å². The fraction of sp³-hybridized carbons (Fsp3) is 0.867. The smallest absolute Gasteiger partial charge is 0.328 e. The molecule has 114 valence electrons. The van der Waals surface area contributed by atoms with E-state index in [1.54, 1.807) is 0 Å². The average Bonchev–Trinajstić information content (AvgIpc) is 3.17. The van der Waals surface area contributed by atoms with Crippen LogP contribution in [0, 0.1) is 17.3 Å². The summed E-state index contributed by atoms with van der Waals surface area (Å²) in [7, 11) is 1.37. The number of rotatable bonds is 5. The molecule has 0 bridgehead atoms. The maximum absolute atomic E-state index is 12.4. The Bertz CT molecular complexity index is 377. The van der Waals surface area contributed by atoms with E-state index in [0.29, 0.717) is 0 Å². The van der Waals surface area contributed by atoms with Gasteiger partial charge in [0.25, 0.3) is 0 Å². The van der Waals surface area contributed by atoms with Gasteiger partial charge in [0, 0.05) is 5.92 Å².